The van der Waals surface area contributed by atoms with E-state index >= 15 is 0 Å². The minimum Gasteiger partial charge on any atom is -0.496 e. The van der Waals surface area contributed by atoms with E-state index in [9.17, 15) is 4.79 Å². The lowest BCUT2D eigenvalue weighted by Crippen LogP contribution is -2.37. The van der Waals surface area contributed by atoms with Gasteiger partial charge in [-0.3, -0.25) is 4.79 Å². The highest BCUT2D eigenvalue weighted by Crippen LogP contribution is 2.24. The highest BCUT2D eigenvalue weighted by Gasteiger charge is 2.27. The fourth-order valence-corrected chi connectivity index (χ4v) is 2.62. The van der Waals surface area contributed by atoms with Gasteiger partial charge in [0.15, 0.2) is 6.10 Å². The maximum Gasteiger partial charge on any atom is 0.222 e. The van der Waals surface area contributed by atoms with Crippen LogP contribution in [0.1, 0.15) is 31.7 Å². The van der Waals surface area contributed by atoms with Gasteiger partial charge >= 0.3 is 0 Å². The average Bonchev–Trinajstić information content (AvgIpc) is 3.03. The van der Waals surface area contributed by atoms with Crippen molar-refractivity contribution >= 4 is 11.6 Å². The lowest BCUT2D eigenvalue weighted by atomic mass is 10.0. The largest absolute Gasteiger partial charge is 0.496 e. The summed E-state index contributed by atoms with van der Waals surface area (Å²) in [5.41, 5.74) is 1.79. The van der Waals surface area contributed by atoms with Crippen LogP contribution in [0.4, 0.5) is 0 Å². The van der Waals surface area contributed by atoms with Gasteiger partial charge in [-0.25, -0.2) is 0 Å². The molecular formula is C18H24N2O3. The second-order valence-corrected chi connectivity index (χ2v) is 5.51. The third-order valence-electron chi connectivity index (χ3n) is 3.74. The van der Waals surface area contributed by atoms with E-state index in [-0.39, 0.29) is 12.0 Å². The summed E-state index contributed by atoms with van der Waals surface area (Å²) in [6, 6.07) is 7.74. The molecule has 1 aromatic carbocycles. The Balaban J connectivity index is 2.00. The predicted octanol–water partition coefficient (Wildman–Crippen LogP) is 3.00. The summed E-state index contributed by atoms with van der Waals surface area (Å²) in [5, 5.41) is 4.19. The van der Waals surface area contributed by atoms with Crippen LogP contribution in [-0.4, -0.2) is 42.8 Å². The molecule has 0 saturated carbocycles. The zero-order valence-corrected chi connectivity index (χ0v) is 13.8. The molecule has 0 N–H and O–H groups in total. The van der Waals surface area contributed by atoms with Crippen molar-refractivity contribution in [2.75, 3.05) is 20.2 Å². The van der Waals surface area contributed by atoms with Gasteiger partial charge in [0.25, 0.3) is 0 Å². The number of hydrogen-bond acceptors (Lipinski definition) is 4. The molecule has 0 radical (unpaired) electrons. The van der Waals surface area contributed by atoms with E-state index in [2.05, 4.69) is 11.7 Å². The third kappa shape index (κ3) is 4.34. The second-order valence-electron chi connectivity index (χ2n) is 5.51. The predicted molar refractivity (Wildman–Crippen MR) is 90.7 cm³/mol. The lowest BCUT2D eigenvalue weighted by molar-refractivity contribution is -0.132. The number of carbonyl (C=O) groups excluding carboxylic acids is 1. The van der Waals surface area contributed by atoms with Gasteiger partial charge in [0.05, 0.1) is 19.4 Å². The Morgan fingerprint density at radius 2 is 2.30 bits per heavy atom. The molecule has 1 amide bonds. The SMILES string of the molecule is C=CCN(CC1CC(c2ccccc2OC)=NO1)C(=O)CCC. The molecule has 2 rings (SSSR count). The van der Waals surface area contributed by atoms with Crippen molar-refractivity contribution in [1.29, 1.82) is 0 Å². The highest BCUT2D eigenvalue weighted by molar-refractivity contribution is 6.03. The molecule has 0 bridgehead atoms. The van der Waals surface area contributed by atoms with E-state index in [4.69, 9.17) is 9.57 Å². The molecule has 0 aromatic heterocycles. The first-order chi connectivity index (χ1) is 11.2. The molecule has 1 atom stereocenters. The molecule has 0 spiro atoms. The van der Waals surface area contributed by atoms with Crippen molar-refractivity contribution < 1.29 is 14.4 Å². The first kappa shape index (κ1) is 17.1. The third-order valence-corrected chi connectivity index (χ3v) is 3.74. The van der Waals surface area contributed by atoms with Gasteiger partial charge < -0.3 is 14.5 Å². The molecule has 0 aliphatic carbocycles. The van der Waals surface area contributed by atoms with Gasteiger partial charge in [-0.1, -0.05) is 30.3 Å². The Kier molecular flexibility index (Phi) is 6.20. The summed E-state index contributed by atoms with van der Waals surface area (Å²) >= 11 is 0. The van der Waals surface area contributed by atoms with Crippen LogP contribution >= 0.6 is 0 Å². The molecular weight excluding hydrogens is 292 g/mol. The first-order valence-electron chi connectivity index (χ1n) is 7.94. The van der Waals surface area contributed by atoms with Crippen molar-refractivity contribution in [2.24, 2.45) is 5.16 Å². The highest BCUT2D eigenvalue weighted by atomic mass is 16.6. The molecule has 5 nitrogen and oxygen atoms in total. The average molecular weight is 316 g/mol. The molecule has 1 aliphatic rings. The Labute approximate surface area is 137 Å². The zero-order chi connectivity index (χ0) is 16.7. The number of amides is 1. The Hall–Kier alpha value is -2.30. The van der Waals surface area contributed by atoms with Crippen LogP contribution in [0.15, 0.2) is 42.1 Å². The fourth-order valence-electron chi connectivity index (χ4n) is 2.62. The van der Waals surface area contributed by atoms with E-state index in [0.29, 0.717) is 25.9 Å². The van der Waals surface area contributed by atoms with Crippen LogP contribution < -0.4 is 4.74 Å². The van der Waals surface area contributed by atoms with Gasteiger partial charge in [-0.2, -0.15) is 0 Å². The van der Waals surface area contributed by atoms with Crippen molar-refractivity contribution in [2.45, 2.75) is 32.3 Å². The smallest absolute Gasteiger partial charge is 0.222 e. The summed E-state index contributed by atoms with van der Waals surface area (Å²) in [5.74, 6) is 0.905. The summed E-state index contributed by atoms with van der Waals surface area (Å²) in [6.07, 6.45) is 3.65. The molecule has 23 heavy (non-hydrogen) atoms. The minimum atomic E-state index is -0.129. The molecule has 0 saturated heterocycles. The standard InChI is InChI=1S/C18H24N2O3/c1-4-8-18(21)20(11-5-2)13-14-12-16(19-23-14)15-9-6-7-10-17(15)22-3/h5-7,9-10,14H,2,4,8,11-13H2,1,3H3. The molecule has 0 fully saturated rings. The quantitative estimate of drug-likeness (QED) is 0.693. The number of oxime groups is 1. The molecule has 5 heteroatoms. The van der Waals surface area contributed by atoms with Crippen LogP contribution in [0.3, 0.4) is 0 Å². The number of rotatable bonds is 8. The molecule has 1 heterocycles. The number of ether oxygens (including phenoxy) is 1. The number of nitrogens with zero attached hydrogens (tertiary/aromatic N) is 2. The Morgan fingerprint density at radius 3 is 3.00 bits per heavy atom. The second kappa shape index (κ2) is 8.36. The van der Waals surface area contributed by atoms with E-state index in [1.165, 1.54) is 0 Å². The summed E-state index contributed by atoms with van der Waals surface area (Å²) in [7, 11) is 1.64. The number of methoxy groups -OCH3 is 1. The van der Waals surface area contributed by atoms with E-state index in [1.54, 1.807) is 18.1 Å². The first-order valence-corrected chi connectivity index (χ1v) is 7.94. The van der Waals surface area contributed by atoms with Crippen molar-refractivity contribution in [3.05, 3.63) is 42.5 Å². The number of carbonyl (C=O) groups is 1. The van der Waals surface area contributed by atoms with Crippen LogP contribution in [0, 0.1) is 0 Å². The van der Waals surface area contributed by atoms with E-state index < -0.39 is 0 Å². The molecule has 1 unspecified atom stereocenters. The summed E-state index contributed by atoms with van der Waals surface area (Å²) < 4.78 is 5.37. The van der Waals surface area contributed by atoms with Crippen molar-refractivity contribution in [1.82, 2.24) is 4.90 Å². The van der Waals surface area contributed by atoms with Gasteiger partial charge in [-0.05, 0) is 18.6 Å². The zero-order valence-electron chi connectivity index (χ0n) is 13.8. The maximum absolute atomic E-state index is 12.1. The number of benzene rings is 1. The number of para-hydroxylation sites is 1. The van der Waals surface area contributed by atoms with Crippen LogP contribution in [0.2, 0.25) is 0 Å². The molecule has 1 aromatic rings. The fraction of sp³-hybridized carbons (Fsp3) is 0.444. The van der Waals surface area contributed by atoms with E-state index in [1.807, 2.05) is 31.2 Å². The normalized spacial score (nSPS) is 16.4. The number of hydrogen-bond donors (Lipinski definition) is 0. The van der Waals surface area contributed by atoms with Gasteiger partial charge in [0, 0.05) is 24.9 Å². The minimum absolute atomic E-state index is 0.127. The van der Waals surface area contributed by atoms with Crippen molar-refractivity contribution in [3.63, 3.8) is 0 Å². The molecule has 1 aliphatic heterocycles. The molecule has 124 valence electrons. The Morgan fingerprint density at radius 1 is 1.52 bits per heavy atom. The van der Waals surface area contributed by atoms with Crippen LogP contribution in [0.25, 0.3) is 0 Å². The summed E-state index contributed by atoms with van der Waals surface area (Å²) in [4.78, 5) is 19.4. The monoisotopic (exact) mass is 316 g/mol. The van der Waals surface area contributed by atoms with Gasteiger partial charge in [0.2, 0.25) is 5.91 Å². The van der Waals surface area contributed by atoms with Crippen LogP contribution in [-0.2, 0) is 9.63 Å². The Bertz CT molecular complexity index is 583. The van der Waals surface area contributed by atoms with E-state index in [0.717, 1.165) is 23.4 Å². The summed E-state index contributed by atoms with van der Waals surface area (Å²) in [6.45, 7) is 6.77. The van der Waals surface area contributed by atoms with Gasteiger partial charge in [-0.15, -0.1) is 6.58 Å². The van der Waals surface area contributed by atoms with Crippen LogP contribution in [0.5, 0.6) is 5.75 Å². The van der Waals surface area contributed by atoms with Crippen molar-refractivity contribution in [3.8, 4) is 5.75 Å². The lowest BCUT2D eigenvalue weighted by Gasteiger charge is -2.23. The maximum atomic E-state index is 12.1. The topological polar surface area (TPSA) is 51.1 Å². The van der Waals surface area contributed by atoms with Gasteiger partial charge in [0.1, 0.15) is 5.75 Å².